The topological polar surface area (TPSA) is 59.6 Å². The zero-order chi connectivity index (χ0) is 20.0. The molecular formula is C16H10BrCl2F3N2O3. The van der Waals surface area contributed by atoms with Crippen molar-refractivity contribution >= 4 is 50.9 Å². The number of hydrogen-bond donors (Lipinski definition) is 2. The zero-order valence-electron chi connectivity index (χ0n) is 13.4. The third-order valence-corrected chi connectivity index (χ3v) is 4.90. The molecule has 27 heavy (non-hydrogen) atoms. The predicted octanol–water partition coefficient (Wildman–Crippen LogP) is 5.87. The molecule has 3 rings (SSSR count). The Hall–Kier alpha value is -1.84. The number of urea groups is 1. The molecule has 0 bridgehead atoms. The van der Waals surface area contributed by atoms with Crippen LogP contribution in [0.3, 0.4) is 0 Å². The summed E-state index contributed by atoms with van der Waals surface area (Å²) in [5.74, 6) is -4.04. The molecule has 2 N–H and O–H groups in total. The van der Waals surface area contributed by atoms with Gasteiger partial charge in [0, 0.05) is 16.6 Å². The van der Waals surface area contributed by atoms with Crippen molar-refractivity contribution in [1.82, 2.24) is 5.32 Å². The van der Waals surface area contributed by atoms with Crippen molar-refractivity contribution in [3.63, 3.8) is 0 Å². The maximum absolute atomic E-state index is 13.6. The fourth-order valence-corrected chi connectivity index (χ4v) is 3.16. The van der Waals surface area contributed by atoms with Crippen molar-refractivity contribution in [3.05, 3.63) is 50.4 Å². The maximum atomic E-state index is 13.6. The summed E-state index contributed by atoms with van der Waals surface area (Å²) in [7, 11) is 0. The van der Waals surface area contributed by atoms with Gasteiger partial charge in [0.15, 0.2) is 11.5 Å². The molecule has 0 unspecified atom stereocenters. The lowest BCUT2D eigenvalue weighted by Gasteiger charge is -2.29. The van der Waals surface area contributed by atoms with Gasteiger partial charge in [0.1, 0.15) is 0 Å². The van der Waals surface area contributed by atoms with Gasteiger partial charge in [0.05, 0.1) is 15.7 Å². The largest absolute Gasteiger partial charge is 0.492 e. The summed E-state index contributed by atoms with van der Waals surface area (Å²) in [5.41, 5.74) is 1.16. The van der Waals surface area contributed by atoms with Gasteiger partial charge in [-0.25, -0.2) is 4.79 Å². The van der Waals surface area contributed by atoms with E-state index >= 15 is 0 Å². The lowest BCUT2D eigenvalue weighted by Crippen LogP contribution is -2.65. The van der Waals surface area contributed by atoms with Crippen LogP contribution < -0.4 is 20.1 Å². The van der Waals surface area contributed by atoms with E-state index in [4.69, 9.17) is 32.7 Å². The minimum atomic E-state index is -5.10. The van der Waals surface area contributed by atoms with Gasteiger partial charge in [-0.3, -0.25) is 5.32 Å². The van der Waals surface area contributed by atoms with E-state index in [1.807, 2.05) is 6.92 Å². The minimum Gasteiger partial charge on any atom is -0.424 e. The van der Waals surface area contributed by atoms with Crippen molar-refractivity contribution in [1.29, 1.82) is 0 Å². The van der Waals surface area contributed by atoms with Crippen LogP contribution in [0.5, 0.6) is 11.5 Å². The molecule has 0 aromatic heterocycles. The number of amides is 2. The Labute approximate surface area is 169 Å². The number of aryl methyl sites for hydroxylation is 1. The molecule has 0 spiro atoms. The van der Waals surface area contributed by atoms with Crippen LogP contribution >= 0.6 is 39.1 Å². The normalized spacial score (nSPS) is 14.8. The summed E-state index contributed by atoms with van der Waals surface area (Å²) >= 11 is 14.8. The molecule has 1 aliphatic heterocycles. The van der Waals surface area contributed by atoms with Crippen molar-refractivity contribution in [3.8, 4) is 11.5 Å². The predicted molar refractivity (Wildman–Crippen MR) is 97.5 cm³/mol. The van der Waals surface area contributed by atoms with Gasteiger partial charge in [0.25, 0.3) is 0 Å². The highest BCUT2D eigenvalue weighted by Crippen LogP contribution is 2.48. The Balaban J connectivity index is 1.86. The average molecular weight is 486 g/mol. The van der Waals surface area contributed by atoms with Gasteiger partial charge in [-0.2, -0.15) is 13.2 Å². The SMILES string of the molecule is Cc1ccc(NC(=O)NC2(C(F)(F)F)Oc3cc(Cl)c(Cl)cc3O2)c(Br)c1. The van der Waals surface area contributed by atoms with Crippen molar-refractivity contribution in [2.45, 2.75) is 19.0 Å². The second-order valence-corrected chi connectivity index (χ2v) is 7.26. The number of halogens is 6. The molecule has 0 atom stereocenters. The van der Waals surface area contributed by atoms with E-state index in [1.54, 1.807) is 17.4 Å². The Morgan fingerprint density at radius 1 is 1.11 bits per heavy atom. The third-order valence-electron chi connectivity index (χ3n) is 3.52. The van der Waals surface area contributed by atoms with Crippen LogP contribution in [0, 0.1) is 6.92 Å². The Kier molecular flexibility index (Phi) is 5.13. The van der Waals surface area contributed by atoms with E-state index in [9.17, 15) is 18.0 Å². The van der Waals surface area contributed by atoms with Crippen molar-refractivity contribution in [2.75, 3.05) is 5.32 Å². The van der Waals surface area contributed by atoms with E-state index < -0.39 is 18.1 Å². The average Bonchev–Trinajstić information content (AvgIpc) is 2.88. The number of anilines is 1. The van der Waals surface area contributed by atoms with E-state index in [2.05, 4.69) is 21.2 Å². The fraction of sp³-hybridized carbons (Fsp3) is 0.188. The molecule has 0 aliphatic carbocycles. The molecule has 144 valence electrons. The van der Waals surface area contributed by atoms with Crippen LogP contribution in [0.1, 0.15) is 5.56 Å². The standard InChI is InChI=1S/C16H10BrCl2F3N2O3/c1-7-2-3-11(8(17)4-7)23-14(25)24-16(15(20,21)22)26-12-5-9(18)10(19)6-13(12)27-16/h2-6H,1H3,(H2,23,24,25). The van der Waals surface area contributed by atoms with Crippen LogP contribution in [-0.4, -0.2) is 18.1 Å². The molecule has 2 aromatic rings. The van der Waals surface area contributed by atoms with Gasteiger partial charge in [0.2, 0.25) is 0 Å². The van der Waals surface area contributed by atoms with Crippen molar-refractivity contribution < 1.29 is 27.4 Å². The van der Waals surface area contributed by atoms with Crippen LogP contribution in [0.15, 0.2) is 34.8 Å². The summed E-state index contributed by atoms with van der Waals surface area (Å²) in [6.07, 6.45) is -5.10. The quantitative estimate of drug-likeness (QED) is 0.559. The molecule has 11 heteroatoms. The van der Waals surface area contributed by atoms with Crippen LogP contribution in [0.25, 0.3) is 0 Å². The van der Waals surface area contributed by atoms with E-state index in [0.717, 1.165) is 17.7 Å². The summed E-state index contributed by atoms with van der Waals surface area (Å²) in [6, 6.07) is 5.86. The first kappa shape index (κ1) is 19.9. The number of alkyl halides is 3. The molecule has 1 aliphatic rings. The van der Waals surface area contributed by atoms with Gasteiger partial charge in [-0.05, 0) is 40.5 Å². The number of rotatable bonds is 2. The first-order chi connectivity index (χ1) is 12.5. The van der Waals surface area contributed by atoms with Crippen LogP contribution in [0.2, 0.25) is 10.0 Å². The molecule has 0 radical (unpaired) electrons. The Morgan fingerprint density at radius 3 is 2.15 bits per heavy atom. The van der Waals surface area contributed by atoms with Gasteiger partial charge in [-0.15, -0.1) is 0 Å². The second-order valence-electron chi connectivity index (χ2n) is 5.59. The Bertz CT molecular complexity index is 894. The molecule has 5 nitrogen and oxygen atoms in total. The number of carbonyl (C=O) groups excluding carboxylic acids is 1. The van der Waals surface area contributed by atoms with Crippen molar-refractivity contribution in [2.24, 2.45) is 0 Å². The monoisotopic (exact) mass is 484 g/mol. The molecule has 2 aromatic carbocycles. The Morgan fingerprint density at radius 2 is 1.67 bits per heavy atom. The highest BCUT2D eigenvalue weighted by atomic mass is 79.9. The van der Waals surface area contributed by atoms with Gasteiger partial charge >= 0.3 is 18.1 Å². The summed E-state index contributed by atoms with van der Waals surface area (Å²) in [6.45, 7) is 1.82. The third kappa shape index (κ3) is 3.90. The van der Waals surface area contributed by atoms with E-state index in [0.29, 0.717) is 4.47 Å². The smallest absolute Gasteiger partial charge is 0.424 e. The van der Waals surface area contributed by atoms with Crippen LogP contribution in [0.4, 0.5) is 23.7 Å². The number of carbonyl (C=O) groups is 1. The van der Waals surface area contributed by atoms with E-state index in [1.165, 1.54) is 6.07 Å². The maximum Gasteiger partial charge on any atom is 0.492 e. The second kappa shape index (κ2) is 6.96. The highest BCUT2D eigenvalue weighted by molar-refractivity contribution is 9.10. The number of benzene rings is 2. The lowest BCUT2D eigenvalue weighted by atomic mass is 10.2. The number of ether oxygens (including phenoxy) is 2. The molecule has 0 saturated carbocycles. The van der Waals surface area contributed by atoms with E-state index in [-0.39, 0.29) is 27.2 Å². The molecule has 0 fully saturated rings. The molecule has 1 heterocycles. The molecular weight excluding hydrogens is 476 g/mol. The molecule has 2 amide bonds. The van der Waals surface area contributed by atoms with Crippen LogP contribution in [-0.2, 0) is 0 Å². The first-order valence-electron chi connectivity index (χ1n) is 7.30. The molecule has 0 saturated heterocycles. The first-order valence-corrected chi connectivity index (χ1v) is 8.85. The minimum absolute atomic E-state index is 0.0231. The van der Waals surface area contributed by atoms with Gasteiger partial charge < -0.3 is 14.8 Å². The number of hydrogen-bond acceptors (Lipinski definition) is 3. The fourth-order valence-electron chi connectivity index (χ4n) is 2.26. The lowest BCUT2D eigenvalue weighted by molar-refractivity contribution is -0.317. The summed E-state index contributed by atoms with van der Waals surface area (Å²) < 4.78 is 51.2. The number of nitrogens with one attached hydrogen (secondary N) is 2. The zero-order valence-corrected chi connectivity index (χ0v) is 16.5. The highest BCUT2D eigenvalue weighted by Gasteiger charge is 2.65. The summed E-state index contributed by atoms with van der Waals surface area (Å²) in [5, 5.41) is 3.94. The van der Waals surface area contributed by atoms with Gasteiger partial charge in [-0.1, -0.05) is 29.3 Å². The summed E-state index contributed by atoms with van der Waals surface area (Å²) in [4.78, 5) is 12.2. The number of fused-ring (bicyclic) bond motifs is 1.